The molecule has 21 heavy (non-hydrogen) atoms. The highest BCUT2D eigenvalue weighted by Crippen LogP contribution is 2.46. The molecule has 1 aliphatic carbocycles. The fraction of sp³-hybridized carbons (Fsp3) is 0.706. The van der Waals surface area contributed by atoms with Gasteiger partial charge in [-0.3, -0.25) is 4.98 Å². The van der Waals surface area contributed by atoms with E-state index >= 15 is 0 Å². The van der Waals surface area contributed by atoms with E-state index in [4.69, 9.17) is 4.74 Å². The molecule has 114 valence electrons. The molecule has 1 saturated carbocycles. The third-order valence-corrected chi connectivity index (χ3v) is 6.72. The van der Waals surface area contributed by atoms with Gasteiger partial charge < -0.3 is 9.64 Å². The van der Waals surface area contributed by atoms with Crippen LogP contribution in [0.15, 0.2) is 24.5 Å². The van der Waals surface area contributed by atoms with Gasteiger partial charge in [-0.25, -0.2) is 0 Å². The molecule has 3 nitrogen and oxygen atoms in total. The summed E-state index contributed by atoms with van der Waals surface area (Å²) in [5.74, 6) is 2.17. The van der Waals surface area contributed by atoms with Crippen molar-refractivity contribution in [1.82, 2.24) is 9.88 Å². The Morgan fingerprint density at radius 2 is 2.29 bits per heavy atom. The molecule has 0 N–H and O–H groups in total. The highest BCUT2D eigenvalue weighted by atomic mass is 32.2. The van der Waals surface area contributed by atoms with Gasteiger partial charge in [-0.2, -0.15) is 0 Å². The van der Waals surface area contributed by atoms with Gasteiger partial charge in [0.2, 0.25) is 0 Å². The average Bonchev–Trinajstić information content (AvgIpc) is 2.85. The number of pyridine rings is 1. The van der Waals surface area contributed by atoms with Crippen LogP contribution in [0.25, 0.3) is 0 Å². The first-order valence-electron chi connectivity index (χ1n) is 8.18. The second kappa shape index (κ2) is 5.90. The Labute approximate surface area is 131 Å². The molecule has 1 spiro atoms. The van der Waals surface area contributed by atoms with Crippen LogP contribution in [-0.2, 0) is 11.3 Å². The minimum atomic E-state index is 0.432. The summed E-state index contributed by atoms with van der Waals surface area (Å²) in [4.78, 5) is 6.81. The van der Waals surface area contributed by atoms with E-state index in [0.29, 0.717) is 17.5 Å². The number of thioether (sulfide) groups is 1. The van der Waals surface area contributed by atoms with Gasteiger partial charge in [0.25, 0.3) is 0 Å². The number of aromatic nitrogens is 1. The minimum Gasteiger partial charge on any atom is -0.373 e. The van der Waals surface area contributed by atoms with Gasteiger partial charge in [-0.15, -0.1) is 11.8 Å². The lowest BCUT2D eigenvalue weighted by Gasteiger charge is -2.49. The zero-order valence-corrected chi connectivity index (χ0v) is 13.4. The summed E-state index contributed by atoms with van der Waals surface area (Å²) in [6, 6.07) is 4.07. The van der Waals surface area contributed by atoms with E-state index in [9.17, 15) is 0 Å². The molecule has 0 bridgehead atoms. The molecule has 1 aromatic heterocycles. The van der Waals surface area contributed by atoms with Crippen LogP contribution in [0.3, 0.4) is 0 Å². The molecule has 2 aliphatic heterocycles. The predicted molar refractivity (Wildman–Crippen MR) is 86.4 cm³/mol. The minimum absolute atomic E-state index is 0.432. The average molecular weight is 304 g/mol. The van der Waals surface area contributed by atoms with E-state index in [1.807, 2.05) is 18.5 Å². The van der Waals surface area contributed by atoms with Crippen molar-refractivity contribution >= 4 is 11.8 Å². The van der Waals surface area contributed by atoms with E-state index in [0.717, 1.165) is 11.7 Å². The molecule has 3 fully saturated rings. The predicted octanol–water partition coefficient (Wildman–Crippen LogP) is 2.96. The summed E-state index contributed by atoms with van der Waals surface area (Å²) < 4.78 is 6.61. The lowest BCUT2D eigenvalue weighted by molar-refractivity contribution is 0.0208. The van der Waals surface area contributed by atoms with Crippen LogP contribution in [0.4, 0.5) is 0 Å². The SMILES string of the molecule is c1cncc(CO[C@H]2CSC3(C2)CN(CC2CCC2)C3)c1. The van der Waals surface area contributed by atoms with Gasteiger partial charge in [0, 0.05) is 42.5 Å². The molecular weight excluding hydrogens is 280 g/mol. The highest BCUT2D eigenvalue weighted by Gasteiger charge is 2.49. The molecule has 0 aromatic carbocycles. The van der Waals surface area contributed by atoms with Gasteiger partial charge in [0.15, 0.2) is 0 Å². The van der Waals surface area contributed by atoms with Crippen molar-refractivity contribution in [3.8, 4) is 0 Å². The monoisotopic (exact) mass is 304 g/mol. The van der Waals surface area contributed by atoms with Gasteiger partial charge >= 0.3 is 0 Å². The fourth-order valence-electron chi connectivity index (χ4n) is 3.77. The quantitative estimate of drug-likeness (QED) is 0.835. The Morgan fingerprint density at radius 3 is 3.00 bits per heavy atom. The van der Waals surface area contributed by atoms with Crippen LogP contribution in [0.5, 0.6) is 0 Å². The van der Waals surface area contributed by atoms with E-state index < -0.39 is 0 Å². The summed E-state index contributed by atoms with van der Waals surface area (Å²) >= 11 is 2.15. The van der Waals surface area contributed by atoms with Crippen LogP contribution in [-0.4, -0.2) is 46.1 Å². The van der Waals surface area contributed by atoms with Crippen molar-refractivity contribution in [2.24, 2.45) is 5.92 Å². The molecule has 0 amide bonds. The van der Waals surface area contributed by atoms with Gasteiger partial charge in [0.05, 0.1) is 12.7 Å². The molecule has 1 aromatic rings. The Hall–Kier alpha value is -0.580. The zero-order chi connectivity index (χ0) is 14.1. The molecular formula is C17H24N2OS. The van der Waals surface area contributed by atoms with Crippen LogP contribution in [0.2, 0.25) is 0 Å². The van der Waals surface area contributed by atoms with Gasteiger partial charge in [-0.05, 0) is 36.8 Å². The zero-order valence-electron chi connectivity index (χ0n) is 12.5. The number of likely N-dealkylation sites (tertiary alicyclic amines) is 1. The largest absolute Gasteiger partial charge is 0.373 e. The molecule has 4 heteroatoms. The number of hydrogen-bond donors (Lipinski definition) is 0. The lowest BCUT2D eigenvalue weighted by atomic mass is 9.83. The Kier molecular flexibility index (Phi) is 3.94. The summed E-state index contributed by atoms with van der Waals surface area (Å²) in [6.45, 7) is 4.65. The number of hydrogen-bond acceptors (Lipinski definition) is 4. The number of rotatable bonds is 5. The van der Waals surface area contributed by atoms with E-state index in [2.05, 4.69) is 27.7 Å². The van der Waals surface area contributed by atoms with Crippen LogP contribution >= 0.6 is 11.8 Å². The number of nitrogens with zero attached hydrogens (tertiary/aromatic N) is 2. The summed E-state index contributed by atoms with van der Waals surface area (Å²) in [5, 5.41) is 0. The van der Waals surface area contributed by atoms with E-state index in [1.165, 1.54) is 50.9 Å². The topological polar surface area (TPSA) is 25.4 Å². The Morgan fingerprint density at radius 1 is 1.38 bits per heavy atom. The Bertz CT molecular complexity index is 471. The standard InChI is InChI=1S/C17H24N2OS/c1-3-14(4-1)9-19-12-17(13-19)7-16(11-21-17)20-10-15-5-2-6-18-8-15/h2,5-6,8,14,16H,1,3-4,7,9-13H2/t16-/m1/s1. The van der Waals surface area contributed by atoms with E-state index in [-0.39, 0.29) is 0 Å². The van der Waals surface area contributed by atoms with Crippen molar-refractivity contribution < 1.29 is 4.74 Å². The smallest absolute Gasteiger partial charge is 0.0736 e. The van der Waals surface area contributed by atoms with Crippen LogP contribution < -0.4 is 0 Å². The molecule has 0 unspecified atom stereocenters. The molecule has 1 atom stereocenters. The van der Waals surface area contributed by atoms with Crippen molar-refractivity contribution in [3.63, 3.8) is 0 Å². The molecule has 3 aliphatic rings. The van der Waals surface area contributed by atoms with Crippen molar-refractivity contribution in [1.29, 1.82) is 0 Å². The first-order chi connectivity index (χ1) is 10.3. The molecule has 3 heterocycles. The second-order valence-electron chi connectivity index (χ2n) is 6.96. The maximum atomic E-state index is 6.09. The van der Waals surface area contributed by atoms with Crippen LogP contribution in [0, 0.1) is 5.92 Å². The third-order valence-electron chi connectivity index (χ3n) is 5.15. The maximum Gasteiger partial charge on any atom is 0.0736 e. The first-order valence-corrected chi connectivity index (χ1v) is 9.17. The fourth-order valence-corrected chi connectivity index (χ4v) is 5.37. The second-order valence-corrected chi connectivity index (χ2v) is 8.45. The van der Waals surface area contributed by atoms with Crippen molar-refractivity contribution in [2.75, 3.05) is 25.4 Å². The van der Waals surface area contributed by atoms with Crippen molar-refractivity contribution in [2.45, 2.75) is 43.1 Å². The third kappa shape index (κ3) is 3.13. The lowest BCUT2D eigenvalue weighted by Crippen LogP contribution is -2.60. The summed E-state index contributed by atoms with van der Waals surface area (Å²) in [5.41, 5.74) is 1.18. The highest BCUT2D eigenvalue weighted by molar-refractivity contribution is 8.01. The normalized spacial score (nSPS) is 28.5. The summed E-state index contributed by atoms with van der Waals surface area (Å²) in [6.07, 6.45) is 9.78. The molecule has 0 radical (unpaired) electrons. The van der Waals surface area contributed by atoms with Crippen molar-refractivity contribution in [3.05, 3.63) is 30.1 Å². The van der Waals surface area contributed by atoms with Crippen LogP contribution in [0.1, 0.15) is 31.2 Å². The maximum absolute atomic E-state index is 6.09. The first kappa shape index (κ1) is 14.0. The van der Waals surface area contributed by atoms with E-state index in [1.54, 1.807) is 0 Å². The van der Waals surface area contributed by atoms with Gasteiger partial charge in [0.1, 0.15) is 0 Å². The molecule has 2 saturated heterocycles. The molecule has 4 rings (SSSR count). The van der Waals surface area contributed by atoms with Gasteiger partial charge in [-0.1, -0.05) is 12.5 Å². The number of ether oxygens (including phenoxy) is 1. The Balaban J connectivity index is 1.21. The summed E-state index contributed by atoms with van der Waals surface area (Å²) in [7, 11) is 0.